The predicted molar refractivity (Wildman–Crippen MR) is 56.8 cm³/mol. The van der Waals surface area contributed by atoms with Crippen molar-refractivity contribution >= 4 is 0 Å². The van der Waals surface area contributed by atoms with Crippen LogP contribution in [0, 0.1) is 12.7 Å². The van der Waals surface area contributed by atoms with E-state index in [0.717, 1.165) is 5.56 Å². The van der Waals surface area contributed by atoms with Crippen molar-refractivity contribution in [1.29, 1.82) is 0 Å². The van der Waals surface area contributed by atoms with Gasteiger partial charge < -0.3 is 14.9 Å². The van der Waals surface area contributed by atoms with Crippen LogP contribution in [0.25, 0.3) is 0 Å². The summed E-state index contributed by atoms with van der Waals surface area (Å²) in [5.74, 6) is 0.131. The van der Waals surface area contributed by atoms with Crippen molar-refractivity contribution in [2.45, 2.75) is 38.1 Å². The molecule has 16 heavy (non-hydrogen) atoms. The van der Waals surface area contributed by atoms with E-state index in [1.807, 2.05) is 6.92 Å². The smallest absolute Gasteiger partial charge is 0.126 e. The second kappa shape index (κ2) is 4.39. The van der Waals surface area contributed by atoms with Gasteiger partial charge in [-0.1, -0.05) is 6.07 Å². The van der Waals surface area contributed by atoms with Gasteiger partial charge in [-0.05, 0) is 18.6 Å². The Labute approximate surface area is 93.5 Å². The van der Waals surface area contributed by atoms with Crippen LogP contribution in [0.4, 0.5) is 4.39 Å². The van der Waals surface area contributed by atoms with Crippen LogP contribution in [-0.2, 0) is 0 Å². The number of aryl methyl sites for hydroxylation is 1. The first-order valence-electron chi connectivity index (χ1n) is 5.35. The first kappa shape index (κ1) is 11.4. The van der Waals surface area contributed by atoms with E-state index >= 15 is 0 Å². The molecule has 1 fully saturated rings. The summed E-state index contributed by atoms with van der Waals surface area (Å²) in [5, 5.41) is 18.7. The van der Waals surface area contributed by atoms with Gasteiger partial charge in [-0.2, -0.15) is 0 Å². The van der Waals surface area contributed by atoms with E-state index < -0.39 is 12.2 Å². The Morgan fingerprint density at radius 2 is 1.88 bits per heavy atom. The third-order valence-corrected chi connectivity index (χ3v) is 2.90. The van der Waals surface area contributed by atoms with E-state index in [-0.39, 0.29) is 11.9 Å². The fourth-order valence-electron chi connectivity index (χ4n) is 1.93. The van der Waals surface area contributed by atoms with Crippen molar-refractivity contribution in [2.24, 2.45) is 0 Å². The molecule has 0 bridgehead atoms. The lowest BCUT2D eigenvalue weighted by atomic mass is 10.2. The monoisotopic (exact) mass is 226 g/mol. The standard InChI is InChI=1S/C12H15FO3/c1-7-2-3-8(13)4-12(7)16-9-5-10(14)11(15)6-9/h2-4,9-11,14-15H,5-6H2,1H3/t9?,10-,11+. The molecule has 0 radical (unpaired) electrons. The van der Waals surface area contributed by atoms with Crippen LogP contribution < -0.4 is 4.74 Å². The molecular formula is C12H15FO3. The molecule has 0 spiro atoms. The molecule has 3 nitrogen and oxygen atoms in total. The normalized spacial score (nSPS) is 29.4. The molecule has 2 rings (SSSR count). The maximum Gasteiger partial charge on any atom is 0.126 e. The quantitative estimate of drug-likeness (QED) is 0.801. The van der Waals surface area contributed by atoms with Crippen LogP contribution >= 0.6 is 0 Å². The number of aliphatic hydroxyl groups is 2. The van der Waals surface area contributed by atoms with Gasteiger partial charge in [0.05, 0.1) is 12.2 Å². The number of ether oxygens (including phenoxy) is 1. The second-order valence-electron chi connectivity index (χ2n) is 4.26. The molecule has 1 saturated carbocycles. The molecular weight excluding hydrogens is 211 g/mol. The summed E-state index contributed by atoms with van der Waals surface area (Å²) in [4.78, 5) is 0. The summed E-state index contributed by atoms with van der Waals surface area (Å²) in [7, 11) is 0. The van der Waals surface area contributed by atoms with E-state index in [1.165, 1.54) is 12.1 Å². The summed E-state index contributed by atoms with van der Waals surface area (Å²) in [5.41, 5.74) is 0.845. The number of halogens is 1. The largest absolute Gasteiger partial charge is 0.490 e. The Morgan fingerprint density at radius 3 is 2.50 bits per heavy atom. The highest BCUT2D eigenvalue weighted by atomic mass is 19.1. The fourth-order valence-corrected chi connectivity index (χ4v) is 1.93. The van der Waals surface area contributed by atoms with Crippen molar-refractivity contribution in [3.8, 4) is 5.75 Å². The highest BCUT2D eigenvalue weighted by Gasteiger charge is 2.33. The van der Waals surface area contributed by atoms with Gasteiger partial charge in [0.2, 0.25) is 0 Å². The number of hydrogen-bond donors (Lipinski definition) is 2. The van der Waals surface area contributed by atoms with Gasteiger partial charge in [-0.15, -0.1) is 0 Å². The molecule has 4 heteroatoms. The Kier molecular flexibility index (Phi) is 3.12. The molecule has 1 aromatic carbocycles. The maximum atomic E-state index is 13.0. The Bertz CT molecular complexity index is 371. The number of hydrogen-bond acceptors (Lipinski definition) is 3. The highest BCUT2D eigenvalue weighted by molar-refractivity contribution is 5.32. The first-order chi connectivity index (χ1) is 7.56. The third kappa shape index (κ3) is 2.33. The highest BCUT2D eigenvalue weighted by Crippen LogP contribution is 2.27. The van der Waals surface area contributed by atoms with Gasteiger partial charge in [0.15, 0.2) is 0 Å². The Morgan fingerprint density at radius 1 is 1.25 bits per heavy atom. The van der Waals surface area contributed by atoms with E-state index in [2.05, 4.69) is 0 Å². The van der Waals surface area contributed by atoms with Crippen LogP contribution in [0.15, 0.2) is 18.2 Å². The topological polar surface area (TPSA) is 49.7 Å². The molecule has 1 aliphatic rings. The van der Waals surface area contributed by atoms with Gasteiger partial charge in [-0.25, -0.2) is 4.39 Å². The van der Waals surface area contributed by atoms with E-state index in [0.29, 0.717) is 18.6 Å². The molecule has 0 amide bonds. The lowest BCUT2D eigenvalue weighted by Gasteiger charge is -2.15. The van der Waals surface area contributed by atoms with Crippen molar-refractivity contribution in [2.75, 3.05) is 0 Å². The minimum Gasteiger partial charge on any atom is -0.490 e. The SMILES string of the molecule is Cc1ccc(F)cc1OC1C[C@@H](O)[C@@H](O)C1. The molecule has 1 aliphatic carbocycles. The molecule has 0 saturated heterocycles. The summed E-state index contributed by atoms with van der Waals surface area (Å²) in [6.07, 6.45) is -0.947. The number of rotatable bonds is 2. The van der Waals surface area contributed by atoms with Crippen LogP contribution in [-0.4, -0.2) is 28.5 Å². The minimum atomic E-state index is -0.737. The Hall–Kier alpha value is -1.13. The molecule has 0 heterocycles. The van der Waals surface area contributed by atoms with E-state index in [1.54, 1.807) is 6.07 Å². The summed E-state index contributed by atoms with van der Waals surface area (Å²) in [6, 6.07) is 4.35. The molecule has 3 atom stereocenters. The van der Waals surface area contributed by atoms with Gasteiger partial charge in [0, 0.05) is 18.9 Å². The molecule has 1 unspecified atom stereocenters. The fraction of sp³-hybridized carbons (Fsp3) is 0.500. The maximum absolute atomic E-state index is 13.0. The van der Waals surface area contributed by atoms with Crippen LogP contribution in [0.5, 0.6) is 5.75 Å². The lowest BCUT2D eigenvalue weighted by Crippen LogP contribution is -2.17. The third-order valence-electron chi connectivity index (χ3n) is 2.90. The molecule has 2 N–H and O–H groups in total. The van der Waals surface area contributed by atoms with Gasteiger partial charge >= 0.3 is 0 Å². The average Bonchev–Trinajstić information content (AvgIpc) is 2.52. The van der Waals surface area contributed by atoms with Crippen LogP contribution in [0.3, 0.4) is 0 Å². The van der Waals surface area contributed by atoms with Crippen molar-refractivity contribution in [3.63, 3.8) is 0 Å². The summed E-state index contributed by atoms with van der Waals surface area (Å²) in [6.45, 7) is 1.83. The lowest BCUT2D eigenvalue weighted by molar-refractivity contribution is 0.0438. The van der Waals surface area contributed by atoms with Gasteiger partial charge in [0.1, 0.15) is 17.7 Å². The van der Waals surface area contributed by atoms with E-state index in [4.69, 9.17) is 4.74 Å². The second-order valence-corrected chi connectivity index (χ2v) is 4.26. The summed E-state index contributed by atoms with van der Waals surface area (Å²) >= 11 is 0. The van der Waals surface area contributed by atoms with Crippen molar-refractivity contribution in [3.05, 3.63) is 29.6 Å². The number of benzene rings is 1. The number of aliphatic hydroxyl groups excluding tert-OH is 2. The molecule has 0 aliphatic heterocycles. The van der Waals surface area contributed by atoms with Crippen LogP contribution in [0.1, 0.15) is 18.4 Å². The zero-order valence-electron chi connectivity index (χ0n) is 9.06. The van der Waals surface area contributed by atoms with Crippen molar-refractivity contribution in [1.82, 2.24) is 0 Å². The molecule has 1 aromatic rings. The van der Waals surface area contributed by atoms with Gasteiger partial charge in [-0.3, -0.25) is 0 Å². The summed E-state index contributed by atoms with van der Waals surface area (Å²) < 4.78 is 18.6. The average molecular weight is 226 g/mol. The zero-order chi connectivity index (χ0) is 11.7. The van der Waals surface area contributed by atoms with Gasteiger partial charge in [0.25, 0.3) is 0 Å². The zero-order valence-corrected chi connectivity index (χ0v) is 9.06. The minimum absolute atomic E-state index is 0.245. The predicted octanol–water partition coefficient (Wildman–Crippen LogP) is 1.40. The van der Waals surface area contributed by atoms with Crippen molar-refractivity contribution < 1.29 is 19.3 Å². The molecule has 88 valence electrons. The Balaban J connectivity index is 2.07. The first-order valence-corrected chi connectivity index (χ1v) is 5.35. The van der Waals surface area contributed by atoms with Crippen LogP contribution in [0.2, 0.25) is 0 Å². The van der Waals surface area contributed by atoms with E-state index in [9.17, 15) is 14.6 Å². The molecule has 0 aromatic heterocycles.